The fourth-order valence-corrected chi connectivity index (χ4v) is 2.33. The first kappa shape index (κ1) is 13.2. The third-order valence-electron chi connectivity index (χ3n) is 2.42. The standard InChI is InChI=1S/C8H17N3O4S/c1-15-8(12)11-16(13,14)10-6-7-2-4-9-5-3-7/h7,9-10H,2-6H2,1H3,(H,11,12). The number of piperidine rings is 1. The van der Waals surface area contributed by atoms with Crippen LogP contribution in [0.1, 0.15) is 12.8 Å². The Labute approximate surface area is 95.1 Å². The minimum atomic E-state index is -3.79. The van der Waals surface area contributed by atoms with Gasteiger partial charge in [0.15, 0.2) is 0 Å². The summed E-state index contributed by atoms with van der Waals surface area (Å²) in [6.07, 6.45) is 0.874. The van der Waals surface area contributed by atoms with Crippen molar-refractivity contribution in [3.8, 4) is 0 Å². The maximum atomic E-state index is 11.3. The molecule has 1 amide bonds. The molecule has 0 bridgehead atoms. The van der Waals surface area contributed by atoms with E-state index >= 15 is 0 Å². The molecule has 0 radical (unpaired) electrons. The molecule has 1 rings (SSSR count). The van der Waals surface area contributed by atoms with Crippen molar-refractivity contribution in [2.75, 3.05) is 26.7 Å². The van der Waals surface area contributed by atoms with Gasteiger partial charge in [-0.2, -0.15) is 13.1 Å². The highest BCUT2D eigenvalue weighted by Crippen LogP contribution is 2.09. The van der Waals surface area contributed by atoms with Gasteiger partial charge in [-0.15, -0.1) is 0 Å². The smallest absolute Gasteiger partial charge is 0.421 e. The summed E-state index contributed by atoms with van der Waals surface area (Å²) < 4.78 is 30.9. The lowest BCUT2D eigenvalue weighted by molar-refractivity contribution is 0.177. The second kappa shape index (κ2) is 6.02. The van der Waals surface area contributed by atoms with Crippen molar-refractivity contribution in [1.29, 1.82) is 0 Å². The van der Waals surface area contributed by atoms with E-state index in [0.717, 1.165) is 33.0 Å². The summed E-state index contributed by atoms with van der Waals surface area (Å²) in [6.45, 7) is 2.14. The quantitative estimate of drug-likeness (QED) is 0.606. The van der Waals surface area contributed by atoms with Crippen LogP contribution in [0.3, 0.4) is 0 Å². The second-order valence-electron chi connectivity index (χ2n) is 3.64. The molecule has 7 nitrogen and oxygen atoms in total. The molecule has 1 aliphatic rings. The summed E-state index contributed by atoms with van der Waals surface area (Å²) in [5, 5.41) is 3.19. The van der Waals surface area contributed by atoms with Gasteiger partial charge < -0.3 is 10.1 Å². The van der Waals surface area contributed by atoms with Crippen LogP contribution in [0.25, 0.3) is 0 Å². The fourth-order valence-electron chi connectivity index (χ4n) is 1.50. The average molecular weight is 251 g/mol. The van der Waals surface area contributed by atoms with Crippen molar-refractivity contribution in [3.63, 3.8) is 0 Å². The molecule has 0 aliphatic carbocycles. The summed E-state index contributed by atoms with van der Waals surface area (Å²) in [7, 11) is -2.68. The van der Waals surface area contributed by atoms with Crippen LogP contribution in [0.4, 0.5) is 4.79 Å². The fraction of sp³-hybridized carbons (Fsp3) is 0.875. The van der Waals surface area contributed by atoms with Gasteiger partial charge in [0.1, 0.15) is 0 Å². The molecule has 0 aromatic heterocycles. The van der Waals surface area contributed by atoms with Gasteiger partial charge >= 0.3 is 16.3 Å². The van der Waals surface area contributed by atoms with E-state index in [2.05, 4.69) is 14.8 Å². The van der Waals surface area contributed by atoms with E-state index in [0.29, 0.717) is 12.5 Å². The van der Waals surface area contributed by atoms with Crippen molar-refractivity contribution < 1.29 is 17.9 Å². The monoisotopic (exact) mass is 251 g/mol. The molecule has 1 fully saturated rings. The maximum absolute atomic E-state index is 11.3. The van der Waals surface area contributed by atoms with Crippen molar-refractivity contribution in [3.05, 3.63) is 0 Å². The second-order valence-corrected chi connectivity index (χ2v) is 5.14. The van der Waals surface area contributed by atoms with Crippen LogP contribution in [0.2, 0.25) is 0 Å². The Kier molecular flexibility index (Phi) is 4.97. The van der Waals surface area contributed by atoms with Crippen LogP contribution in [-0.4, -0.2) is 41.3 Å². The zero-order valence-electron chi connectivity index (χ0n) is 9.15. The van der Waals surface area contributed by atoms with Gasteiger partial charge in [-0.05, 0) is 31.8 Å². The van der Waals surface area contributed by atoms with Gasteiger partial charge in [0.2, 0.25) is 0 Å². The van der Waals surface area contributed by atoms with E-state index in [1.54, 1.807) is 4.72 Å². The van der Waals surface area contributed by atoms with Crippen molar-refractivity contribution >= 4 is 16.3 Å². The molecule has 0 spiro atoms. The summed E-state index contributed by atoms with van der Waals surface area (Å²) >= 11 is 0. The van der Waals surface area contributed by atoms with E-state index in [-0.39, 0.29) is 0 Å². The summed E-state index contributed by atoms with van der Waals surface area (Å²) in [5.41, 5.74) is 0. The number of amides is 1. The number of hydrogen-bond acceptors (Lipinski definition) is 5. The molecule has 0 aromatic carbocycles. The van der Waals surface area contributed by atoms with Crippen LogP contribution < -0.4 is 14.8 Å². The Morgan fingerprint density at radius 3 is 2.62 bits per heavy atom. The third kappa shape index (κ3) is 4.77. The van der Waals surface area contributed by atoms with Crippen LogP contribution in [-0.2, 0) is 14.9 Å². The van der Waals surface area contributed by atoms with Gasteiger partial charge in [-0.3, -0.25) is 0 Å². The number of methoxy groups -OCH3 is 1. The van der Waals surface area contributed by atoms with E-state index in [4.69, 9.17) is 0 Å². The lowest BCUT2D eigenvalue weighted by Gasteiger charge is -2.22. The molecular formula is C8H17N3O4S. The van der Waals surface area contributed by atoms with Crippen LogP contribution >= 0.6 is 0 Å². The largest absolute Gasteiger partial charge is 0.452 e. The molecule has 1 heterocycles. The van der Waals surface area contributed by atoms with Gasteiger partial charge in [-0.1, -0.05) is 0 Å². The zero-order chi connectivity index (χ0) is 12.0. The number of nitrogens with one attached hydrogen (secondary N) is 3. The van der Waals surface area contributed by atoms with Gasteiger partial charge in [0.05, 0.1) is 7.11 Å². The van der Waals surface area contributed by atoms with E-state index in [1.165, 1.54) is 0 Å². The Hall–Kier alpha value is -0.860. The molecule has 0 saturated carbocycles. The first-order chi connectivity index (χ1) is 7.53. The van der Waals surface area contributed by atoms with Gasteiger partial charge in [0, 0.05) is 6.54 Å². The maximum Gasteiger partial charge on any atom is 0.421 e. The molecular weight excluding hydrogens is 234 g/mol. The highest BCUT2D eigenvalue weighted by molar-refractivity contribution is 7.88. The molecule has 16 heavy (non-hydrogen) atoms. The first-order valence-corrected chi connectivity index (χ1v) is 6.58. The first-order valence-electron chi connectivity index (χ1n) is 5.09. The lowest BCUT2D eigenvalue weighted by atomic mass is 9.99. The number of carbonyl (C=O) groups is 1. The van der Waals surface area contributed by atoms with Crippen LogP contribution in [0, 0.1) is 5.92 Å². The molecule has 3 N–H and O–H groups in total. The highest BCUT2D eigenvalue weighted by Gasteiger charge is 2.18. The predicted octanol–water partition coefficient (Wildman–Crippen LogP) is -0.824. The van der Waals surface area contributed by atoms with Crippen molar-refractivity contribution in [1.82, 2.24) is 14.8 Å². The summed E-state index contributed by atoms with van der Waals surface area (Å²) in [4.78, 5) is 10.7. The summed E-state index contributed by atoms with van der Waals surface area (Å²) in [6, 6.07) is 0. The Bertz CT molecular complexity index is 324. The molecule has 8 heteroatoms. The Morgan fingerprint density at radius 2 is 2.06 bits per heavy atom. The minimum absolute atomic E-state index is 0.315. The normalized spacial score (nSPS) is 18.1. The number of rotatable bonds is 4. The molecule has 94 valence electrons. The number of ether oxygens (including phenoxy) is 1. The van der Waals surface area contributed by atoms with E-state index in [9.17, 15) is 13.2 Å². The minimum Gasteiger partial charge on any atom is -0.452 e. The van der Waals surface area contributed by atoms with Crippen LogP contribution in [0.15, 0.2) is 0 Å². The molecule has 0 aromatic rings. The average Bonchev–Trinajstić information content (AvgIpc) is 2.27. The van der Waals surface area contributed by atoms with Crippen molar-refractivity contribution in [2.45, 2.75) is 12.8 Å². The number of carbonyl (C=O) groups excluding carboxylic acids is 1. The van der Waals surface area contributed by atoms with Gasteiger partial charge in [-0.25, -0.2) is 9.52 Å². The van der Waals surface area contributed by atoms with Crippen molar-refractivity contribution in [2.24, 2.45) is 5.92 Å². The molecule has 0 unspecified atom stereocenters. The van der Waals surface area contributed by atoms with Crippen LogP contribution in [0.5, 0.6) is 0 Å². The number of hydrogen-bond donors (Lipinski definition) is 3. The van der Waals surface area contributed by atoms with E-state index in [1.807, 2.05) is 0 Å². The zero-order valence-corrected chi connectivity index (χ0v) is 9.97. The Morgan fingerprint density at radius 1 is 1.44 bits per heavy atom. The lowest BCUT2D eigenvalue weighted by Crippen LogP contribution is -2.43. The third-order valence-corrected chi connectivity index (χ3v) is 3.41. The molecule has 1 saturated heterocycles. The van der Waals surface area contributed by atoms with Gasteiger partial charge in [0.25, 0.3) is 0 Å². The SMILES string of the molecule is COC(=O)NS(=O)(=O)NCC1CCNCC1. The van der Waals surface area contributed by atoms with E-state index < -0.39 is 16.3 Å². The highest BCUT2D eigenvalue weighted by atomic mass is 32.2. The topological polar surface area (TPSA) is 96.5 Å². The Balaban J connectivity index is 2.32. The predicted molar refractivity (Wildman–Crippen MR) is 58.1 cm³/mol. The molecule has 1 aliphatic heterocycles. The molecule has 0 atom stereocenters. The summed E-state index contributed by atoms with van der Waals surface area (Å²) in [5.74, 6) is 0.315.